The van der Waals surface area contributed by atoms with Gasteiger partial charge >= 0.3 is 0 Å². The predicted molar refractivity (Wildman–Crippen MR) is 90.8 cm³/mol. The largest absolute Gasteiger partial charge is 0.422 e. The third-order valence-corrected chi connectivity index (χ3v) is 5.01. The number of aromatic nitrogens is 2. The zero-order chi connectivity index (χ0) is 17.1. The van der Waals surface area contributed by atoms with Crippen molar-refractivity contribution in [1.82, 2.24) is 15.1 Å². The summed E-state index contributed by atoms with van der Waals surface area (Å²) in [5, 5.41) is 10.2. The molecule has 0 N–H and O–H groups in total. The van der Waals surface area contributed by atoms with Crippen LogP contribution in [0.4, 0.5) is 0 Å². The van der Waals surface area contributed by atoms with Crippen LogP contribution in [0.3, 0.4) is 0 Å². The Balaban J connectivity index is 1.62. The van der Waals surface area contributed by atoms with Gasteiger partial charge in [-0.15, -0.1) is 21.5 Å². The third kappa shape index (κ3) is 3.84. The molecule has 3 rings (SSSR count). The highest BCUT2D eigenvalue weighted by Crippen LogP contribution is 2.25. The number of carbonyl (C=O) groups excluding carboxylic acids is 1. The minimum absolute atomic E-state index is 0.0451. The summed E-state index contributed by atoms with van der Waals surface area (Å²) in [6.45, 7) is 7.54. The van der Waals surface area contributed by atoms with E-state index in [1.165, 1.54) is 4.88 Å². The minimum Gasteiger partial charge on any atom is -0.422 e. The first kappa shape index (κ1) is 17.1. The third-order valence-electron chi connectivity index (χ3n) is 4.11. The molecule has 0 radical (unpaired) electrons. The number of hydrogen-bond donors (Lipinski definition) is 0. The van der Waals surface area contributed by atoms with Crippen molar-refractivity contribution in [2.24, 2.45) is 5.92 Å². The van der Waals surface area contributed by atoms with Gasteiger partial charge in [-0.1, -0.05) is 26.8 Å². The van der Waals surface area contributed by atoms with Gasteiger partial charge < -0.3 is 14.1 Å². The first-order chi connectivity index (χ1) is 11.5. The summed E-state index contributed by atoms with van der Waals surface area (Å²) in [5.41, 5.74) is 0. The average Bonchev–Trinajstić information content (AvgIpc) is 3.25. The standard InChI is InChI=1S/C17H23N3O3S/c1-11(2)15-18-19-16(23-15)14-10-20(6-7-22-14)17(21)12(3)9-13-5-4-8-24-13/h4-5,8,11-12,14H,6-7,9-10H2,1-3H3. The maximum atomic E-state index is 12.7. The molecular formula is C17H23N3O3S. The second-order valence-corrected chi connectivity index (χ2v) is 7.49. The topological polar surface area (TPSA) is 68.5 Å². The van der Waals surface area contributed by atoms with Crippen LogP contribution in [0.25, 0.3) is 0 Å². The van der Waals surface area contributed by atoms with Gasteiger partial charge in [-0.05, 0) is 17.9 Å². The molecule has 1 aliphatic rings. The van der Waals surface area contributed by atoms with E-state index in [9.17, 15) is 4.79 Å². The number of amides is 1. The number of morpholine rings is 1. The van der Waals surface area contributed by atoms with Crippen molar-refractivity contribution in [3.63, 3.8) is 0 Å². The van der Waals surface area contributed by atoms with Crippen LogP contribution in [-0.4, -0.2) is 40.7 Å². The number of hydrogen-bond acceptors (Lipinski definition) is 6. The van der Waals surface area contributed by atoms with Gasteiger partial charge in [0.15, 0.2) is 6.10 Å². The van der Waals surface area contributed by atoms with E-state index in [2.05, 4.69) is 16.3 Å². The van der Waals surface area contributed by atoms with Crippen LogP contribution in [0.1, 0.15) is 49.5 Å². The smallest absolute Gasteiger partial charge is 0.247 e. The van der Waals surface area contributed by atoms with E-state index in [0.717, 1.165) is 6.42 Å². The molecule has 0 spiro atoms. The van der Waals surface area contributed by atoms with Crippen LogP contribution in [0, 0.1) is 5.92 Å². The summed E-state index contributed by atoms with van der Waals surface area (Å²) < 4.78 is 11.4. The van der Waals surface area contributed by atoms with Gasteiger partial charge in [0, 0.05) is 23.3 Å². The molecule has 1 saturated heterocycles. The fourth-order valence-corrected chi connectivity index (χ4v) is 3.57. The summed E-state index contributed by atoms with van der Waals surface area (Å²) >= 11 is 1.69. The maximum absolute atomic E-state index is 12.7. The van der Waals surface area contributed by atoms with E-state index >= 15 is 0 Å². The van der Waals surface area contributed by atoms with Gasteiger partial charge in [-0.25, -0.2) is 0 Å². The molecule has 2 atom stereocenters. The fourth-order valence-electron chi connectivity index (χ4n) is 2.74. The molecule has 130 valence electrons. The van der Waals surface area contributed by atoms with Gasteiger partial charge in [-0.2, -0.15) is 0 Å². The van der Waals surface area contributed by atoms with Crippen LogP contribution in [0.2, 0.25) is 0 Å². The molecule has 0 aliphatic carbocycles. The SMILES string of the molecule is CC(Cc1cccs1)C(=O)N1CCOC(c2nnc(C(C)C)o2)C1. The summed E-state index contributed by atoms with van der Waals surface area (Å²) in [4.78, 5) is 15.8. The Bertz CT molecular complexity index is 668. The lowest BCUT2D eigenvalue weighted by molar-refractivity contribution is -0.143. The lowest BCUT2D eigenvalue weighted by Crippen LogP contribution is -2.44. The van der Waals surface area contributed by atoms with E-state index in [4.69, 9.17) is 9.15 Å². The van der Waals surface area contributed by atoms with Crippen LogP contribution in [0.15, 0.2) is 21.9 Å². The van der Waals surface area contributed by atoms with E-state index < -0.39 is 0 Å². The zero-order valence-corrected chi connectivity index (χ0v) is 15.1. The van der Waals surface area contributed by atoms with Crippen molar-refractivity contribution >= 4 is 17.2 Å². The maximum Gasteiger partial charge on any atom is 0.247 e. The molecular weight excluding hydrogens is 326 g/mol. The number of rotatable bonds is 5. The van der Waals surface area contributed by atoms with Gasteiger partial charge in [0.1, 0.15) is 0 Å². The quantitative estimate of drug-likeness (QED) is 0.830. The Labute approximate surface area is 145 Å². The van der Waals surface area contributed by atoms with Gasteiger partial charge in [0.05, 0.1) is 13.2 Å². The lowest BCUT2D eigenvalue weighted by Gasteiger charge is -2.33. The summed E-state index contributed by atoms with van der Waals surface area (Å²) in [6, 6.07) is 4.09. The summed E-state index contributed by atoms with van der Waals surface area (Å²) in [6.07, 6.45) is 0.438. The van der Waals surface area contributed by atoms with Crippen LogP contribution >= 0.6 is 11.3 Å². The molecule has 0 aromatic carbocycles. The number of thiophene rings is 1. The summed E-state index contributed by atoms with van der Waals surface area (Å²) in [5.74, 6) is 1.35. The van der Waals surface area contributed by atoms with Gasteiger partial charge in [-0.3, -0.25) is 4.79 Å². The van der Waals surface area contributed by atoms with E-state index in [0.29, 0.717) is 31.5 Å². The second-order valence-electron chi connectivity index (χ2n) is 6.46. The molecule has 1 aliphatic heterocycles. The van der Waals surface area contributed by atoms with Crippen molar-refractivity contribution in [2.45, 2.75) is 39.2 Å². The molecule has 24 heavy (non-hydrogen) atoms. The van der Waals surface area contributed by atoms with E-state index in [1.54, 1.807) is 11.3 Å². The zero-order valence-electron chi connectivity index (χ0n) is 14.3. The van der Waals surface area contributed by atoms with Crippen molar-refractivity contribution in [1.29, 1.82) is 0 Å². The molecule has 0 saturated carbocycles. The Hall–Kier alpha value is -1.73. The van der Waals surface area contributed by atoms with E-state index in [1.807, 2.05) is 37.1 Å². The van der Waals surface area contributed by atoms with Gasteiger partial charge in [0.25, 0.3) is 0 Å². The van der Waals surface area contributed by atoms with E-state index in [-0.39, 0.29) is 23.8 Å². The highest BCUT2D eigenvalue weighted by molar-refractivity contribution is 7.09. The van der Waals surface area contributed by atoms with Crippen LogP contribution in [-0.2, 0) is 16.0 Å². The molecule has 2 aromatic heterocycles. The highest BCUT2D eigenvalue weighted by Gasteiger charge is 2.31. The fraction of sp³-hybridized carbons (Fsp3) is 0.588. The Kier molecular flexibility index (Phi) is 5.30. The Morgan fingerprint density at radius 1 is 1.42 bits per heavy atom. The molecule has 6 nitrogen and oxygen atoms in total. The monoisotopic (exact) mass is 349 g/mol. The predicted octanol–water partition coefficient (Wildman–Crippen LogP) is 3.03. The van der Waals surface area contributed by atoms with Crippen LogP contribution in [0.5, 0.6) is 0 Å². The van der Waals surface area contributed by atoms with Crippen LogP contribution < -0.4 is 0 Å². The Morgan fingerprint density at radius 2 is 2.25 bits per heavy atom. The van der Waals surface area contributed by atoms with Gasteiger partial charge in [0.2, 0.25) is 17.7 Å². The van der Waals surface area contributed by atoms with Crippen molar-refractivity contribution < 1.29 is 13.9 Å². The minimum atomic E-state index is -0.336. The molecule has 1 amide bonds. The molecule has 1 fully saturated rings. The molecule has 2 aromatic rings. The van der Waals surface area contributed by atoms with Crippen molar-refractivity contribution in [3.8, 4) is 0 Å². The number of carbonyl (C=O) groups is 1. The molecule has 7 heteroatoms. The van der Waals surface area contributed by atoms with Crippen molar-refractivity contribution in [3.05, 3.63) is 34.2 Å². The Morgan fingerprint density at radius 3 is 2.92 bits per heavy atom. The van der Waals surface area contributed by atoms with Crippen molar-refractivity contribution in [2.75, 3.05) is 19.7 Å². The molecule has 2 unspecified atom stereocenters. The molecule has 0 bridgehead atoms. The molecule has 3 heterocycles. The first-order valence-corrected chi connectivity index (χ1v) is 9.18. The number of nitrogens with zero attached hydrogens (tertiary/aromatic N) is 3. The average molecular weight is 349 g/mol. The summed E-state index contributed by atoms with van der Waals surface area (Å²) in [7, 11) is 0. The normalized spacial score (nSPS) is 19.7. The number of ether oxygens (including phenoxy) is 1. The highest BCUT2D eigenvalue weighted by atomic mass is 32.1. The lowest BCUT2D eigenvalue weighted by atomic mass is 10.0. The second kappa shape index (κ2) is 7.44. The first-order valence-electron chi connectivity index (χ1n) is 8.30.